The number of piperazine rings is 1. The standard InChI is InChI=1S/C28H26ClN5O3/c1-19(35)27-26(28(31(2)30-27)20-6-8-22(29)9-7-20)21-4-3-5-25(18-21)33-16-14-32(15-17-33)23-10-12-24(13-11-23)34(36)37/h3-13,18H,14-17H2,1-2H3. The number of rotatable bonds is 6. The summed E-state index contributed by atoms with van der Waals surface area (Å²) in [6, 6.07) is 22.5. The fourth-order valence-corrected chi connectivity index (χ4v) is 4.97. The number of non-ortho nitro benzene ring substituents is 1. The van der Waals surface area contributed by atoms with E-state index in [1.54, 1.807) is 35.9 Å². The van der Waals surface area contributed by atoms with E-state index >= 15 is 0 Å². The molecule has 3 aromatic carbocycles. The first kappa shape index (κ1) is 24.5. The van der Waals surface area contributed by atoms with Crippen LogP contribution in [0.5, 0.6) is 0 Å². The molecule has 0 bridgehead atoms. The van der Waals surface area contributed by atoms with Gasteiger partial charge in [-0.2, -0.15) is 5.10 Å². The molecule has 0 N–H and O–H groups in total. The van der Waals surface area contributed by atoms with Crippen molar-refractivity contribution in [3.05, 3.63) is 93.6 Å². The highest BCUT2D eigenvalue weighted by Gasteiger charge is 2.24. The molecule has 1 aliphatic heterocycles. The zero-order valence-corrected chi connectivity index (χ0v) is 21.4. The lowest BCUT2D eigenvalue weighted by atomic mass is 9.97. The molecule has 188 valence electrons. The number of carbonyl (C=O) groups excluding carboxylic acids is 1. The summed E-state index contributed by atoms with van der Waals surface area (Å²) < 4.78 is 1.75. The van der Waals surface area contributed by atoms with Crippen molar-refractivity contribution in [3.8, 4) is 22.4 Å². The third-order valence-electron chi connectivity index (χ3n) is 6.70. The van der Waals surface area contributed by atoms with Gasteiger partial charge in [0.2, 0.25) is 0 Å². The van der Waals surface area contributed by atoms with Crippen LogP contribution in [-0.4, -0.2) is 46.7 Å². The molecule has 0 saturated carbocycles. The Morgan fingerprint density at radius 3 is 2.11 bits per heavy atom. The maximum absolute atomic E-state index is 12.6. The molecule has 1 saturated heterocycles. The SMILES string of the molecule is CC(=O)c1nn(C)c(-c2ccc(Cl)cc2)c1-c1cccc(N2CCN(c3ccc([N+](=O)[O-])cc3)CC2)c1. The second kappa shape index (κ2) is 10.1. The van der Waals surface area contributed by atoms with E-state index in [0.717, 1.165) is 59.9 Å². The van der Waals surface area contributed by atoms with Crippen LogP contribution in [0, 0.1) is 10.1 Å². The van der Waals surface area contributed by atoms with Crippen molar-refractivity contribution in [2.24, 2.45) is 7.05 Å². The normalized spacial score (nSPS) is 13.6. The molecule has 0 aliphatic carbocycles. The molecular weight excluding hydrogens is 490 g/mol. The van der Waals surface area contributed by atoms with E-state index in [0.29, 0.717) is 10.7 Å². The van der Waals surface area contributed by atoms with Gasteiger partial charge in [-0.15, -0.1) is 0 Å². The minimum atomic E-state index is -0.382. The van der Waals surface area contributed by atoms with E-state index in [2.05, 4.69) is 27.0 Å². The van der Waals surface area contributed by atoms with E-state index in [4.69, 9.17) is 11.6 Å². The van der Waals surface area contributed by atoms with Gasteiger partial charge in [-0.3, -0.25) is 19.6 Å². The fourth-order valence-electron chi connectivity index (χ4n) is 4.85. The van der Waals surface area contributed by atoms with Gasteiger partial charge in [0.1, 0.15) is 5.69 Å². The highest BCUT2D eigenvalue weighted by atomic mass is 35.5. The van der Waals surface area contributed by atoms with Crippen LogP contribution in [-0.2, 0) is 7.05 Å². The number of Topliss-reactive ketones (excluding diaryl/α,β-unsaturated/α-hetero) is 1. The molecule has 1 aromatic heterocycles. The maximum Gasteiger partial charge on any atom is 0.269 e. The largest absolute Gasteiger partial charge is 0.368 e. The fraction of sp³-hybridized carbons (Fsp3) is 0.214. The zero-order chi connectivity index (χ0) is 26.1. The van der Waals surface area contributed by atoms with Crippen LogP contribution < -0.4 is 9.80 Å². The average molecular weight is 516 g/mol. The molecule has 0 radical (unpaired) electrons. The molecule has 1 aliphatic rings. The summed E-state index contributed by atoms with van der Waals surface area (Å²) in [4.78, 5) is 27.7. The number of aromatic nitrogens is 2. The molecule has 5 rings (SSSR count). The monoisotopic (exact) mass is 515 g/mol. The van der Waals surface area contributed by atoms with Gasteiger partial charge in [0.15, 0.2) is 5.78 Å². The topological polar surface area (TPSA) is 84.5 Å². The summed E-state index contributed by atoms with van der Waals surface area (Å²) >= 11 is 6.11. The van der Waals surface area contributed by atoms with Gasteiger partial charge in [0.25, 0.3) is 5.69 Å². The number of nitro benzene ring substituents is 1. The number of aryl methyl sites for hydroxylation is 1. The molecule has 0 spiro atoms. The Morgan fingerprint density at radius 1 is 0.892 bits per heavy atom. The van der Waals surface area contributed by atoms with Crippen molar-refractivity contribution in [1.29, 1.82) is 0 Å². The van der Waals surface area contributed by atoms with Crippen LogP contribution >= 0.6 is 11.6 Å². The number of hydrogen-bond donors (Lipinski definition) is 0. The van der Waals surface area contributed by atoms with E-state index in [1.807, 2.05) is 43.4 Å². The molecule has 0 amide bonds. The van der Waals surface area contributed by atoms with Crippen molar-refractivity contribution in [2.75, 3.05) is 36.0 Å². The molecular formula is C28H26ClN5O3. The highest BCUT2D eigenvalue weighted by Crippen LogP contribution is 2.37. The first-order valence-corrected chi connectivity index (χ1v) is 12.4. The first-order chi connectivity index (χ1) is 17.8. The summed E-state index contributed by atoms with van der Waals surface area (Å²) in [5.41, 5.74) is 6.12. The molecule has 4 aromatic rings. The summed E-state index contributed by atoms with van der Waals surface area (Å²) in [6.07, 6.45) is 0. The van der Waals surface area contributed by atoms with Crippen LogP contribution in [0.15, 0.2) is 72.8 Å². The van der Waals surface area contributed by atoms with Crippen LogP contribution in [0.25, 0.3) is 22.4 Å². The number of carbonyl (C=O) groups is 1. The number of nitrogens with zero attached hydrogens (tertiary/aromatic N) is 5. The van der Waals surface area contributed by atoms with Crippen LogP contribution in [0.2, 0.25) is 5.02 Å². The lowest BCUT2D eigenvalue weighted by Gasteiger charge is -2.37. The van der Waals surface area contributed by atoms with Crippen molar-refractivity contribution < 1.29 is 9.72 Å². The van der Waals surface area contributed by atoms with Gasteiger partial charge in [0.05, 0.1) is 10.6 Å². The number of hydrogen-bond acceptors (Lipinski definition) is 6. The van der Waals surface area contributed by atoms with E-state index in [9.17, 15) is 14.9 Å². The Bertz CT molecular complexity index is 1460. The first-order valence-electron chi connectivity index (χ1n) is 12.0. The van der Waals surface area contributed by atoms with Crippen LogP contribution in [0.1, 0.15) is 17.4 Å². The van der Waals surface area contributed by atoms with Crippen molar-refractivity contribution in [3.63, 3.8) is 0 Å². The Kier molecular flexibility index (Phi) is 6.67. The Balaban J connectivity index is 1.42. The predicted molar refractivity (Wildman–Crippen MR) is 147 cm³/mol. The molecule has 8 nitrogen and oxygen atoms in total. The van der Waals surface area contributed by atoms with Crippen molar-refractivity contribution >= 4 is 34.4 Å². The van der Waals surface area contributed by atoms with E-state index < -0.39 is 0 Å². The van der Waals surface area contributed by atoms with Crippen molar-refractivity contribution in [1.82, 2.24) is 9.78 Å². The lowest BCUT2D eigenvalue weighted by molar-refractivity contribution is -0.384. The number of ketones is 1. The minimum Gasteiger partial charge on any atom is -0.368 e. The second-order valence-electron chi connectivity index (χ2n) is 9.06. The Labute approximate surface area is 219 Å². The molecule has 0 atom stereocenters. The molecule has 37 heavy (non-hydrogen) atoms. The van der Waals surface area contributed by atoms with E-state index in [1.165, 1.54) is 0 Å². The average Bonchev–Trinajstić information content (AvgIpc) is 3.27. The maximum atomic E-state index is 12.6. The molecule has 1 fully saturated rings. The van der Waals surface area contributed by atoms with Crippen LogP contribution in [0.3, 0.4) is 0 Å². The number of nitro groups is 1. The number of halogens is 1. The third kappa shape index (κ3) is 4.93. The highest BCUT2D eigenvalue weighted by molar-refractivity contribution is 6.30. The smallest absolute Gasteiger partial charge is 0.269 e. The van der Waals surface area contributed by atoms with Crippen molar-refractivity contribution in [2.45, 2.75) is 6.92 Å². The van der Waals surface area contributed by atoms with Gasteiger partial charge in [-0.25, -0.2) is 0 Å². The van der Waals surface area contributed by atoms with Crippen LogP contribution in [0.4, 0.5) is 17.1 Å². The Morgan fingerprint density at radius 2 is 1.51 bits per heavy atom. The van der Waals surface area contributed by atoms with Gasteiger partial charge in [-0.1, -0.05) is 35.9 Å². The number of anilines is 2. The van der Waals surface area contributed by atoms with Gasteiger partial charge >= 0.3 is 0 Å². The summed E-state index contributed by atoms with van der Waals surface area (Å²) in [5.74, 6) is -0.0899. The van der Waals surface area contributed by atoms with E-state index in [-0.39, 0.29) is 16.4 Å². The third-order valence-corrected chi connectivity index (χ3v) is 6.96. The quantitative estimate of drug-likeness (QED) is 0.182. The molecule has 2 heterocycles. The second-order valence-corrected chi connectivity index (χ2v) is 9.49. The zero-order valence-electron chi connectivity index (χ0n) is 20.6. The summed E-state index contributed by atoms with van der Waals surface area (Å²) in [7, 11) is 1.85. The minimum absolute atomic E-state index is 0.0899. The molecule has 0 unspecified atom stereocenters. The summed E-state index contributed by atoms with van der Waals surface area (Å²) in [6.45, 7) is 4.74. The number of benzene rings is 3. The molecule has 9 heteroatoms. The summed E-state index contributed by atoms with van der Waals surface area (Å²) in [5, 5.41) is 16.2. The van der Waals surface area contributed by atoms with Gasteiger partial charge in [0, 0.05) is 79.8 Å². The van der Waals surface area contributed by atoms with Gasteiger partial charge < -0.3 is 9.80 Å². The lowest BCUT2D eigenvalue weighted by Crippen LogP contribution is -2.46. The van der Waals surface area contributed by atoms with Gasteiger partial charge in [-0.05, 0) is 42.0 Å². The Hall–Kier alpha value is -4.17. The predicted octanol–water partition coefficient (Wildman–Crippen LogP) is 5.84.